The Labute approximate surface area is 125 Å². The van der Waals surface area contributed by atoms with Crippen LogP contribution in [0.15, 0.2) is 67.1 Å². The van der Waals surface area contributed by atoms with Gasteiger partial charge in [0.25, 0.3) is 0 Å². The minimum absolute atomic E-state index is 0.250. The Morgan fingerprint density at radius 2 is 1.67 bits per heavy atom. The Hall–Kier alpha value is -2.64. The first-order valence-corrected chi connectivity index (χ1v) is 6.56. The molecule has 1 atom stereocenters. The van der Waals surface area contributed by atoms with E-state index in [2.05, 4.69) is 12.3 Å². The van der Waals surface area contributed by atoms with Gasteiger partial charge in [-0.15, -0.1) is 0 Å². The lowest BCUT2D eigenvalue weighted by molar-refractivity contribution is 0.183. The van der Waals surface area contributed by atoms with E-state index in [4.69, 9.17) is 14.2 Å². The molecule has 0 radical (unpaired) electrons. The molecule has 2 aromatic rings. The molecule has 0 amide bonds. The second-order valence-corrected chi connectivity index (χ2v) is 4.36. The Morgan fingerprint density at radius 1 is 0.952 bits per heavy atom. The molecule has 0 saturated heterocycles. The van der Waals surface area contributed by atoms with Gasteiger partial charge in [0.15, 0.2) is 11.5 Å². The highest BCUT2D eigenvalue weighted by atomic mass is 16.5. The smallest absolute Gasteiger partial charge is 0.161 e. The van der Waals surface area contributed by atoms with Crippen LogP contribution >= 0.6 is 0 Å². The highest BCUT2D eigenvalue weighted by molar-refractivity contribution is 5.45. The molecule has 0 aliphatic heterocycles. The van der Waals surface area contributed by atoms with Gasteiger partial charge >= 0.3 is 0 Å². The molecule has 0 N–H and O–H groups in total. The van der Waals surface area contributed by atoms with Gasteiger partial charge in [-0.05, 0) is 17.7 Å². The normalized spacial score (nSPS) is 11.1. The molecule has 21 heavy (non-hydrogen) atoms. The van der Waals surface area contributed by atoms with Crippen LogP contribution in [-0.4, -0.2) is 14.2 Å². The van der Waals surface area contributed by atoms with Crippen LogP contribution in [0.5, 0.6) is 11.5 Å². The lowest BCUT2D eigenvalue weighted by Gasteiger charge is -2.18. The zero-order chi connectivity index (χ0) is 15.1. The first kappa shape index (κ1) is 14.8. The molecular formula is C18H18O3. The van der Waals surface area contributed by atoms with Gasteiger partial charge in [-0.25, -0.2) is 0 Å². The summed E-state index contributed by atoms with van der Waals surface area (Å²) in [6.07, 6.45) is 1.22. The molecule has 0 bridgehead atoms. The highest BCUT2D eigenvalue weighted by Crippen LogP contribution is 2.33. The molecule has 2 rings (SSSR count). The van der Waals surface area contributed by atoms with Crippen molar-refractivity contribution in [1.29, 1.82) is 0 Å². The third kappa shape index (κ3) is 3.47. The van der Waals surface area contributed by atoms with Crippen LogP contribution in [0, 0.1) is 0 Å². The number of ether oxygens (including phenoxy) is 3. The van der Waals surface area contributed by atoms with Crippen LogP contribution in [0.4, 0.5) is 0 Å². The van der Waals surface area contributed by atoms with Crippen molar-refractivity contribution in [2.45, 2.75) is 6.10 Å². The average Bonchev–Trinajstić information content (AvgIpc) is 2.56. The van der Waals surface area contributed by atoms with E-state index < -0.39 is 0 Å². The van der Waals surface area contributed by atoms with Gasteiger partial charge in [-0.2, -0.15) is 0 Å². The maximum Gasteiger partial charge on any atom is 0.161 e. The average molecular weight is 282 g/mol. The summed E-state index contributed by atoms with van der Waals surface area (Å²) in [7, 11) is 3.23. The summed E-state index contributed by atoms with van der Waals surface area (Å²) >= 11 is 0. The quantitative estimate of drug-likeness (QED) is 0.589. The molecule has 0 saturated carbocycles. The van der Waals surface area contributed by atoms with Crippen molar-refractivity contribution < 1.29 is 14.2 Å². The van der Waals surface area contributed by atoms with Gasteiger partial charge in [0.1, 0.15) is 12.4 Å². The molecule has 0 heterocycles. The lowest BCUT2D eigenvalue weighted by atomic mass is 10.0. The highest BCUT2D eigenvalue weighted by Gasteiger charge is 2.16. The number of rotatable bonds is 6. The van der Waals surface area contributed by atoms with E-state index in [0.717, 1.165) is 11.1 Å². The number of methoxy groups -OCH3 is 2. The SMILES string of the molecule is C=C=COC(c1ccccc1)c1ccc(OC)c(OC)c1. The van der Waals surface area contributed by atoms with Crippen LogP contribution in [0.25, 0.3) is 0 Å². The summed E-state index contributed by atoms with van der Waals surface area (Å²) in [5, 5.41) is 0. The van der Waals surface area contributed by atoms with Gasteiger partial charge in [0, 0.05) is 5.56 Å². The van der Waals surface area contributed by atoms with Crippen molar-refractivity contribution in [3.8, 4) is 11.5 Å². The summed E-state index contributed by atoms with van der Waals surface area (Å²) in [5.74, 6) is 1.36. The zero-order valence-electron chi connectivity index (χ0n) is 12.2. The standard InChI is InChI=1S/C18H18O3/c1-4-12-21-18(14-8-6-5-7-9-14)15-10-11-16(19-2)17(13-15)20-3/h5-13,18H,1H2,2-3H3. The van der Waals surface area contributed by atoms with E-state index in [-0.39, 0.29) is 6.10 Å². The predicted octanol–water partition coefficient (Wildman–Crippen LogP) is 4.11. The third-order valence-corrected chi connectivity index (χ3v) is 3.10. The zero-order valence-corrected chi connectivity index (χ0v) is 12.2. The maximum atomic E-state index is 5.74. The molecule has 3 nitrogen and oxygen atoms in total. The van der Waals surface area contributed by atoms with Crippen molar-refractivity contribution in [1.82, 2.24) is 0 Å². The van der Waals surface area contributed by atoms with E-state index >= 15 is 0 Å². The molecule has 0 aliphatic carbocycles. The number of benzene rings is 2. The van der Waals surface area contributed by atoms with Crippen molar-refractivity contribution >= 4 is 0 Å². The maximum absolute atomic E-state index is 5.74. The molecule has 2 aromatic carbocycles. The van der Waals surface area contributed by atoms with Gasteiger partial charge in [-0.3, -0.25) is 0 Å². The Balaban J connectivity index is 2.43. The summed E-state index contributed by atoms with van der Waals surface area (Å²) in [6.45, 7) is 3.53. The molecule has 0 spiro atoms. The fourth-order valence-electron chi connectivity index (χ4n) is 2.11. The minimum Gasteiger partial charge on any atom is -0.493 e. The Kier molecular flexibility index (Phi) is 5.08. The first-order valence-electron chi connectivity index (χ1n) is 6.56. The van der Waals surface area contributed by atoms with E-state index in [1.165, 1.54) is 6.26 Å². The van der Waals surface area contributed by atoms with Gasteiger partial charge < -0.3 is 14.2 Å². The van der Waals surface area contributed by atoms with Gasteiger partial charge in [-0.1, -0.05) is 48.7 Å². The van der Waals surface area contributed by atoms with Crippen LogP contribution in [0.2, 0.25) is 0 Å². The minimum atomic E-state index is -0.250. The lowest BCUT2D eigenvalue weighted by Crippen LogP contribution is -2.03. The van der Waals surface area contributed by atoms with E-state index in [1.807, 2.05) is 48.5 Å². The third-order valence-electron chi connectivity index (χ3n) is 3.10. The molecular weight excluding hydrogens is 264 g/mol. The van der Waals surface area contributed by atoms with Crippen LogP contribution in [0.3, 0.4) is 0 Å². The van der Waals surface area contributed by atoms with Gasteiger partial charge in [0.05, 0.1) is 14.2 Å². The van der Waals surface area contributed by atoms with E-state index in [0.29, 0.717) is 11.5 Å². The topological polar surface area (TPSA) is 27.7 Å². The second kappa shape index (κ2) is 7.22. The van der Waals surface area contributed by atoms with Crippen LogP contribution in [0.1, 0.15) is 17.2 Å². The summed E-state index contributed by atoms with van der Waals surface area (Å²) in [6, 6.07) is 15.7. The molecule has 0 aromatic heterocycles. The van der Waals surface area contributed by atoms with Gasteiger partial charge in [0.2, 0.25) is 0 Å². The van der Waals surface area contributed by atoms with Crippen molar-refractivity contribution in [3.05, 3.63) is 78.2 Å². The van der Waals surface area contributed by atoms with Crippen LogP contribution in [-0.2, 0) is 4.74 Å². The number of hydrogen-bond donors (Lipinski definition) is 0. The largest absolute Gasteiger partial charge is 0.493 e. The Morgan fingerprint density at radius 3 is 2.29 bits per heavy atom. The molecule has 108 valence electrons. The number of hydrogen-bond acceptors (Lipinski definition) is 3. The monoisotopic (exact) mass is 282 g/mol. The fourth-order valence-corrected chi connectivity index (χ4v) is 2.11. The molecule has 3 heteroatoms. The predicted molar refractivity (Wildman–Crippen MR) is 82.6 cm³/mol. The molecule has 0 fully saturated rings. The van der Waals surface area contributed by atoms with Crippen molar-refractivity contribution in [3.63, 3.8) is 0 Å². The second-order valence-electron chi connectivity index (χ2n) is 4.36. The fraction of sp³-hybridized carbons (Fsp3) is 0.167. The van der Waals surface area contributed by atoms with Crippen molar-refractivity contribution in [2.24, 2.45) is 0 Å². The van der Waals surface area contributed by atoms with E-state index in [1.54, 1.807) is 14.2 Å². The summed E-state index contributed by atoms with van der Waals surface area (Å²) in [5.41, 5.74) is 4.64. The summed E-state index contributed by atoms with van der Waals surface area (Å²) in [4.78, 5) is 0. The first-order chi connectivity index (χ1) is 10.3. The van der Waals surface area contributed by atoms with Crippen molar-refractivity contribution in [2.75, 3.05) is 14.2 Å². The van der Waals surface area contributed by atoms with Crippen LogP contribution < -0.4 is 9.47 Å². The van der Waals surface area contributed by atoms with E-state index in [9.17, 15) is 0 Å². The summed E-state index contributed by atoms with van der Waals surface area (Å²) < 4.78 is 16.4. The Bertz CT molecular complexity index is 628. The molecule has 0 aliphatic rings. The molecule has 1 unspecified atom stereocenters.